The highest BCUT2D eigenvalue weighted by atomic mass is 19.1. The van der Waals surface area contributed by atoms with Gasteiger partial charge in [0, 0.05) is 19.0 Å². The molecule has 2 aliphatic heterocycles. The Balaban J connectivity index is 1.83. The van der Waals surface area contributed by atoms with Crippen molar-refractivity contribution in [3.63, 3.8) is 0 Å². The van der Waals surface area contributed by atoms with Gasteiger partial charge in [0.15, 0.2) is 5.79 Å². The Bertz CT molecular complexity index is 570. The molecule has 114 valence electrons. The number of hydrogen-bond donors (Lipinski definition) is 0. The van der Waals surface area contributed by atoms with E-state index in [9.17, 15) is 13.6 Å². The minimum absolute atomic E-state index is 0.107. The number of hydrogen-bond acceptors (Lipinski definition) is 3. The van der Waals surface area contributed by atoms with Crippen LogP contribution in [0.4, 0.5) is 8.78 Å². The lowest BCUT2D eigenvalue weighted by Crippen LogP contribution is -2.51. The SMILES string of the molecule is Cc1cc(C(=O)N2CCCC3(C2)OCCO3)c(F)cc1F. The van der Waals surface area contributed by atoms with Crippen LogP contribution >= 0.6 is 0 Å². The summed E-state index contributed by atoms with van der Waals surface area (Å²) in [5.74, 6) is -2.69. The number of benzene rings is 1. The van der Waals surface area contributed by atoms with Gasteiger partial charge in [-0.05, 0) is 25.0 Å². The second-order valence-electron chi connectivity index (χ2n) is 5.52. The van der Waals surface area contributed by atoms with Crippen molar-refractivity contribution in [3.05, 3.63) is 34.9 Å². The van der Waals surface area contributed by atoms with Gasteiger partial charge in [-0.1, -0.05) is 0 Å². The monoisotopic (exact) mass is 297 g/mol. The van der Waals surface area contributed by atoms with Gasteiger partial charge < -0.3 is 14.4 Å². The molecular formula is C15H17F2NO3. The van der Waals surface area contributed by atoms with Crippen LogP contribution in [0.3, 0.4) is 0 Å². The summed E-state index contributed by atoms with van der Waals surface area (Å²) >= 11 is 0. The zero-order chi connectivity index (χ0) is 15.0. The molecular weight excluding hydrogens is 280 g/mol. The van der Waals surface area contributed by atoms with Crippen LogP contribution in [0.25, 0.3) is 0 Å². The predicted molar refractivity (Wildman–Crippen MR) is 70.9 cm³/mol. The van der Waals surface area contributed by atoms with E-state index < -0.39 is 23.3 Å². The molecule has 3 rings (SSSR count). The van der Waals surface area contributed by atoms with Gasteiger partial charge in [0.1, 0.15) is 11.6 Å². The van der Waals surface area contributed by atoms with Crippen molar-refractivity contribution in [1.29, 1.82) is 0 Å². The minimum Gasteiger partial charge on any atom is -0.346 e. The van der Waals surface area contributed by atoms with Crippen LogP contribution in [0.2, 0.25) is 0 Å². The van der Waals surface area contributed by atoms with Crippen molar-refractivity contribution < 1.29 is 23.0 Å². The number of carbonyl (C=O) groups is 1. The van der Waals surface area contributed by atoms with Crippen LogP contribution in [0, 0.1) is 18.6 Å². The molecule has 0 N–H and O–H groups in total. The fourth-order valence-corrected chi connectivity index (χ4v) is 2.89. The first kappa shape index (κ1) is 14.4. The van der Waals surface area contributed by atoms with Crippen LogP contribution < -0.4 is 0 Å². The van der Waals surface area contributed by atoms with E-state index in [-0.39, 0.29) is 17.7 Å². The van der Waals surface area contributed by atoms with Crippen molar-refractivity contribution in [1.82, 2.24) is 4.90 Å². The summed E-state index contributed by atoms with van der Waals surface area (Å²) < 4.78 is 38.4. The number of ether oxygens (including phenoxy) is 2. The molecule has 0 aromatic heterocycles. The lowest BCUT2D eigenvalue weighted by Gasteiger charge is -2.38. The molecule has 4 nitrogen and oxygen atoms in total. The Hall–Kier alpha value is -1.53. The second kappa shape index (κ2) is 5.35. The second-order valence-corrected chi connectivity index (χ2v) is 5.52. The van der Waals surface area contributed by atoms with E-state index in [1.165, 1.54) is 17.9 Å². The summed E-state index contributed by atoms with van der Waals surface area (Å²) in [6, 6.07) is 2.01. The van der Waals surface area contributed by atoms with Gasteiger partial charge in [-0.3, -0.25) is 4.79 Å². The lowest BCUT2D eigenvalue weighted by atomic mass is 10.0. The maximum Gasteiger partial charge on any atom is 0.257 e. The zero-order valence-corrected chi connectivity index (χ0v) is 11.8. The molecule has 6 heteroatoms. The summed E-state index contributed by atoms with van der Waals surface area (Å²) in [7, 11) is 0. The molecule has 0 saturated carbocycles. The zero-order valence-electron chi connectivity index (χ0n) is 11.8. The number of piperidine rings is 1. The molecule has 0 atom stereocenters. The largest absolute Gasteiger partial charge is 0.346 e. The summed E-state index contributed by atoms with van der Waals surface area (Å²) in [6.07, 6.45) is 1.45. The van der Waals surface area contributed by atoms with Crippen LogP contribution in [0.1, 0.15) is 28.8 Å². The average molecular weight is 297 g/mol. The van der Waals surface area contributed by atoms with Gasteiger partial charge in [0.05, 0.1) is 25.3 Å². The van der Waals surface area contributed by atoms with Crippen molar-refractivity contribution in [2.75, 3.05) is 26.3 Å². The summed E-state index contributed by atoms with van der Waals surface area (Å²) in [5.41, 5.74) is 0.142. The first-order valence-electron chi connectivity index (χ1n) is 7.04. The van der Waals surface area contributed by atoms with Crippen LogP contribution in [-0.2, 0) is 9.47 Å². The van der Waals surface area contributed by atoms with E-state index in [0.717, 1.165) is 18.9 Å². The third kappa shape index (κ3) is 2.65. The molecule has 21 heavy (non-hydrogen) atoms. The molecule has 1 amide bonds. The molecule has 2 heterocycles. The maximum absolute atomic E-state index is 13.9. The van der Waals surface area contributed by atoms with Crippen LogP contribution in [0.5, 0.6) is 0 Å². The standard InChI is InChI=1S/C15H17F2NO3/c1-10-7-11(13(17)8-12(10)16)14(19)18-4-2-3-15(9-18)20-5-6-21-15/h7-8H,2-6,9H2,1H3. The fraction of sp³-hybridized carbons (Fsp3) is 0.533. The van der Waals surface area contributed by atoms with E-state index in [0.29, 0.717) is 19.8 Å². The quantitative estimate of drug-likeness (QED) is 0.798. The van der Waals surface area contributed by atoms with Gasteiger partial charge in [-0.25, -0.2) is 8.78 Å². The molecule has 1 spiro atoms. The molecule has 0 unspecified atom stereocenters. The Morgan fingerprint density at radius 1 is 1.24 bits per heavy atom. The smallest absolute Gasteiger partial charge is 0.257 e. The molecule has 1 aromatic rings. The third-order valence-corrected chi connectivity index (χ3v) is 4.00. The predicted octanol–water partition coefficient (Wildman–Crippen LogP) is 2.25. The Labute approximate surface area is 121 Å². The molecule has 0 aliphatic carbocycles. The number of halogens is 2. The molecule has 0 bridgehead atoms. The van der Waals surface area contributed by atoms with E-state index in [4.69, 9.17) is 9.47 Å². The highest BCUT2D eigenvalue weighted by Crippen LogP contribution is 2.31. The average Bonchev–Trinajstić information content (AvgIpc) is 2.90. The lowest BCUT2D eigenvalue weighted by molar-refractivity contribution is -0.183. The van der Waals surface area contributed by atoms with Crippen molar-refractivity contribution >= 4 is 5.91 Å². The van der Waals surface area contributed by atoms with Crippen molar-refractivity contribution in [2.24, 2.45) is 0 Å². The van der Waals surface area contributed by atoms with E-state index in [2.05, 4.69) is 0 Å². The van der Waals surface area contributed by atoms with Crippen LogP contribution in [0.15, 0.2) is 12.1 Å². The minimum atomic E-state index is -0.837. The highest BCUT2D eigenvalue weighted by Gasteiger charge is 2.42. The van der Waals surface area contributed by atoms with Gasteiger partial charge in [-0.2, -0.15) is 0 Å². The molecule has 2 aliphatic rings. The summed E-state index contributed by atoms with van der Waals surface area (Å²) in [4.78, 5) is 14.0. The summed E-state index contributed by atoms with van der Waals surface area (Å²) in [5, 5.41) is 0. The van der Waals surface area contributed by atoms with E-state index >= 15 is 0 Å². The van der Waals surface area contributed by atoms with Crippen molar-refractivity contribution in [2.45, 2.75) is 25.6 Å². The molecule has 0 radical (unpaired) electrons. The fourth-order valence-electron chi connectivity index (χ4n) is 2.89. The van der Waals surface area contributed by atoms with Gasteiger partial charge >= 0.3 is 0 Å². The van der Waals surface area contributed by atoms with Crippen molar-refractivity contribution in [3.8, 4) is 0 Å². The van der Waals surface area contributed by atoms with E-state index in [1.54, 1.807) is 0 Å². The van der Waals surface area contributed by atoms with Gasteiger partial charge in [0.25, 0.3) is 5.91 Å². The Morgan fingerprint density at radius 2 is 1.95 bits per heavy atom. The maximum atomic E-state index is 13.9. The number of likely N-dealkylation sites (tertiary alicyclic amines) is 1. The summed E-state index contributed by atoms with van der Waals surface area (Å²) in [6.45, 7) is 3.31. The van der Waals surface area contributed by atoms with Gasteiger partial charge in [0.2, 0.25) is 0 Å². The number of carbonyl (C=O) groups excluding carboxylic acids is 1. The normalized spacial score (nSPS) is 21.0. The molecule has 2 saturated heterocycles. The number of nitrogens with zero attached hydrogens (tertiary/aromatic N) is 1. The third-order valence-electron chi connectivity index (χ3n) is 4.00. The first-order chi connectivity index (χ1) is 10.0. The Kier molecular flexibility index (Phi) is 3.67. The number of rotatable bonds is 1. The number of aryl methyl sites for hydroxylation is 1. The molecule has 1 aromatic carbocycles. The Morgan fingerprint density at radius 3 is 2.67 bits per heavy atom. The van der Waals surface area contributed by atoms with E-state index in [1.807, 2.05) is 0 Å². The van der Waals surface area contributed by atoms with Gasteiger partial charge in [-0.15, -0.1) is 0 Å². The topological polar surface area (TPSA) is 38.8 Å². The van der Waals surface area contributed by atoms with Crippen LogP contribution in [-0.4, -0.2) is 42.9 Å². The first-order valence-corrected chi connectivity index (χ1v) is 7.04. The molecule has 2 fully saturated rings. The number of amides is 1. The highest BCUT2D eigenvalue weighted by molar-refractivity contribution is 5.94.